The summed E-state index contributed by atoms with van der Waals surface area (Å²) in [5, 5.41) is 0. The number of nitrogens with zero attached hydrogens (tertiary/aromatic N) is 1. The average Bonchev–Trinajstić information content (AvgIpc) is 3.60. The number of hydrogen-bond acceptors (Lipinski definition) is 10. The van der Waals surface area contributed by atoms with Gasteiger partial charge >= 0.3 is 0 Å². The van der Waals surface area contributed by atoms with Gasteiger partial charge in [0.1, 0.15) is 51.3 Å². The molecule has 10 nitrogen and oxygen atoms in total. The molecule has 0 spiro atoms. The molecule has 79 heavy (non-hydrogen) atoms. The van der Waals surface area contributed by atoms with Crippen molar-refractivity contribution in [1.29, 1.82) is 0 Å². The second-order valence-electron chi connectivity index (χ2n) is 18.7. The Bertz CT molecular complexity index is 2820. The van der Waals surface area contributed by atoms with Crippen molar-refractivity contribution in [2.45, 2.75) is 37.6 Å². The highest BCUT2D eigenvalue weighted by Gasteiger charge is 2.41. The fourth-order valence-corrected chi connectivity index (χ4v) is 10.8. The number of methoxy groups -OCH3 is 6. The molecule has 0 saturated heterocycles. The van der Waals surface area contributed by atoms with E-state index < -0.39 is 16.8 Å². The molecule has 9 aromatic carbocycles. The first-order valence-electron chi connectivity index (χ1n) is 26.6. The maximum atomic E-state index is 6.98. The van der Waals surface area contributed by atoms with Crippen molar-refractivity contribution < 1.29 is 42.6 Å². The van der Waals surface area contributed by atoms with Gasteiger partial charge in [0.2, 0.25) is 0 Å². The zero-order chi connectivity index (χ0) is 55.4. The van der Waals surface area contributed by atoms with Crippen LogP contribution in [0.5, 0.6) is 34.5 Å². The second kappa shape index (κ2) is 24.8. The normalized spacial score (nSPS) is 11.7. The summed E-state index contributed by atoms with van der Waals surface area (Å²) < 4.78 is 54.6. The van der Waals surface area contributed by atoms with Crippen LogP contribution in [0.3, 0.4) is 0 Å². The van der Waals surface area contributed by atoms with E-state index in [9.17, 15) is 0 Å². The highest BCUT2D eigenvalue weighted by molar-refractivity contribution is 5.77. The maximum absolute atomic E-state index is 6.98. The molecule has 0 unspecified atom stereocenters. The van der Waals surface area contributed by atoms with E-state index in [1.807, 2.05) is 93.6 Å². The van der Waals surface area contributed by atoms with E-state index >= 15 is 0 Å². The zero-order valence-electron chi connectivity index (χ0n) is 46.5. The summed E-state index contributed by atoms with van der Waals surface area (Å²) in [5.74, 6) is 4.53. The molecule has 9 aromatic rings. The minimum absolute atomic E-state index is 0.442. The molecule has 0 heterocycles. The van der Waals surface area contributed by atoms with Crippen molar-refractivity contribution in [3.8, 4) is 34.5 Å². The third kappa shape index (κ3) is 10.8. The Labute approximate surface area is 465 Å². The number of hydrogen-bond donors (Lipinski definition) is 0. The van der Waals surface area contributed by atoms with Gasteiger partial charge in [-0.2, -0.15) is 0 Å². The minimum Gasteiger partial charge on any atom is -0.497 e. The predicted octanol–water partition coefficient (Wildman–Crippen LogP) is 15.2. The van der Waals surface area contributed by atoms with Gasteiger partial charge in [0.05, 0.1) is 42.7 Å². The fraction of sp³-hybridized carbons (Fsp3) is 0.217. The summed E-state index contributed by atoms with van der Waals surface area (Å²) in [7, 11) is 10.0. The number of benzene rings is 9. The van der Waals surface area contributed by atoms with Gasteiger partial charge < -0.3 is 47.5 Å². The van der Waals surface area contributed by atoms with Gasteiger partial charge in [-0.25, -0.2) is 0 Å². The van der Waals surface area contributed by atoms with Crippen LogP contribution in [0, 0.1) is 0 Å². The third-order valence-corrected chi connectivity index (χ3v) is 14.7. The van der Waals surface area contributed by atoms with Gasteiger partial charge in [0.15, 0.2) is 0 Å². The van der Waals surface area contributed by atoms with Crippen LogP contribution in [-0.2, 0) is 31.0 Å². The van der Waals surface area contributed by atoms with Gasteiger partial charge in [-0.05, 0) is 180 Å². The van der Waals surface area contributed by atoms with Crippen LogP contribution >= 0.6 is 0 Å². The van der Waals surface area contributed by atoms with Crippen molar-refractivity contribution in [1.82, 2.24) is 0 Å². The van der Waals surface area contributed by atoms with Crippen LogP contribution in [0.4, 0.5) is 17.1 Å². The summed E-state index contributed by atoms with van der Waals surface area (Å²) in [5.41, 5.74) is 8.34. The van der Waals surface area contributed by atoms with Crippen LogP contribution < -0.4 is 33.3 Å². The lowest BCUT2D eigenvalue weighted by Gasteiger charge is -2.37. The van der Waals surface area contributed by atoms with E-state index in [1.54, 1.807) is 42.7 Å². The molecule has 404 valence electrons. The molecule has 0 bridgehead atoms. The smallest absolute Gasteiger partial charge is 0.143 e. The number of rotatable bonds is 24. The second-order valence-corrected chi connectivity index (χ2v) is 18.7. The highest BCUT2D eigenvalue weighted by atomic mass is 16.5. The van der Waals surface area contributed by atoms with Crippen LogP contribution in [0.15, 0.2) is 218 Å². The Morgan fingerprint density at radius 1 is 0.228 bits per heavy atom. The van der Waals surface area contributed by atoms with Crippen molar-refractivity contribution in [3.63, 3.8) is 0 Å². The van der Waals surface area contributed by atoms with E-state index in [0.717, 1.165) is 102 Å². The van der Waals surface area contributed by atoms with E-state index in [-0.39, 0.29) is 0 Å². The van der Waals surface area contributed by atoms with E-state index in [0.29, 0.717) is 19.8 Å². The predicted molar refractivity (Wildman–Crippen MR) is 314 cm³/mol. The van der Waals surface area contributed by atoms with Crippen molar-refractivity contribution in [2.24, 2.45) is 0 Å². The lowest BCUT2D eigenvalue weighted by Crippen LogP contribution is -2.33. The molecule has 0 atom stereocenters. The Hall–Kier alpha value is -8.54. The summed E-state index contributed by atoms with van der Waals surface area (Å²) in [6.45, 7) is 7.40. The summed E-state index contributed by atoms with van der Waals surface area (Å²) in [6.07, 6.45) is 0. The topological polar surface area (TPSA) is 86.3 Å². The zero-order valence-corrected chi connectivity index (χ0v) is 46.5. The van der Waals surface area contributed by atoms with Gasteiger partial charge in [-0.1, -0.05) is 109 Å². The Balaban J connectivity index is 1.23. The van der Waals surface area contributed by atoms with Crippen LogP contribution in [0.25, 0.3) is 0 Å². The summed E-state index contributed by atoms with van der Waals surface area (Å²) in [4.78, 5) is 2.27. The molecular formula is C69H69NO9. The maximum Gasteiger partial charge on any atom is 0.143 e. The number of anilines is 3. The van der Waals surface area contributed by atoms with Gasteiger partial charge in [-0.3, -0.25) is 0 Å². The molecular weight excluding hydrogens is 987 g/mol. The Morgan fingerprint density at radius 2 is 0.367 bits per heavy atom. The first-order chi connectivity index (χ1) is 38.7. The summed E-state index contributed by atoms with van der Waals surface area (Å²) in [6, 6.07) is 74.5. The lowest BCUT2D eigenvalue weighted by molar-refractivity contribution is 0.0214. The first kappa shape index (κ1) is 55.2. The molecule has 10 heteroatoms. The Morgan fingerprint density at radius 3 is 0.494 bits per heavy atom. The molecule has 0 amide bonds. The monoisotopic (exact) mass is 1060 g/mol. The standard InChI is InChI=1S/C69H69NO9/c1-10-77-67(52-19-37-61(71-4)38-20-52,53-21-39-62(72-5)40-22-53)49-13-31-58(32-14-49)70(59-33-15-50(16-34-59)68(78-11-2,54-23-41-63(73-6)42-24-54)55-25-43-64(74-7)44-26-55)60-35-17-51(18-36-60)69(79-12-3,56-27-45-65(75-8)46-28-56)57-29-47-66(76-9)48-30-57/h13-48H,10-12H2,1-9H3. The van der Waals surface area contributed by atoms with E-state index in [4.69, 9.17) is 42.6 Å². The van der Waals surface area contributed by atoms with E-state index in [1.165, 1.54) is 0 Å². The van der Waals surface area contributed by atoms with Gasteiger partial charge in [0.25, 0.3) is 0 Å². The molecule has 0 aromatic heterocycles. The third-order valence-electron chi connectivity index (χ3n) is 14.7. The SMILES string of the molecule is CCOC(c1ccc(OC)cc1)(c1ccc(OC)cc1)c1ccc(N(c2ccc(C(OCC)(c3ccc(OC)cc3)c3ccc(OC)cc3)cc2)c2ccc(C(OCC)(c3ccc(OC)cc3)c3ccc(OC)cc3)cc2)cc1. The molecule has 0 radical (unpaired) electrons. The molecule has 0 aliphatic rings. The van der Waals surface area contributed by atoms with Crippen LogP contribution in [0.2, 0.25) is 0 Å². The fourth-order valence-electron chi connectivity index (χ4n) is 10.8. The molecule has 0 aliphatic carbocycles. The summed E-state index contributed by atoms with van der Waals surface area (Å²) >= 11 is 0. The van der Waals surface area contributed by atoms with Gasteiger partial charge in [-0.15, -0.1) is 0 Å². The minimum atomic E-state index is -0.989. The highest BCUT2D eigenvalue weighted by Crippen LogP contribution is 2.48. The van der Waals surface area contributed by atoms with Crippen molar-refractivity contribution >= 4 is 17.1 Å². The largest absolute Gasteiger partial charge is 0.497 e. The quantitative estimate of drug-likeness (QED) is 0.0545. The van der Waals surface area contributed by atoms with E-state index in [2.05, 4.69) is 150 Å². The van der Waals surface area contributed by atoms with Crippen molar-refractivity contribution in [2.75, 3.05) is 67.4 Å². The van der Waals surface area contributed by atoms with Gasteiger partial charge in [0, 0.05) is 36.9 Å². The molecule has 0 N–H and O–H groups in total. The Kier molecular flexibility index (Phi) is 17.4. The molecule has 0 aliphatic heterocycles. The van der Waals surface area contributed by atoms with Crippen LogP contribution in [0.1, 0.15) is 70.8 Å². The first-order valence-corrected chi connectivity index (χ1v) is 26.6. The molecule has 0 saturated carbocycles. The molecule has 0 fully saturated rings. The molecule has 9 rings (SSSR count). The lowest BCUT2D eigenvalue weighted by atomic mass is 9.79. The number of ether oxygens (including phenoxy) is 9. The van der Waals surface area contributed by atoms with Crippen molar-refractivity contribution in [3.05, 3.63) is 268 Å². The van der Waals surface area contributed by atoms with Crippen LogP contribution in [-0.4, -0.2) is 62.5 Å². The average molecular weight is 1060 g/mol.